The molecule has 17 heavy (non-hydrogen) atoms. The van der Waals surface area contributed by atoms with Gasteiger partial charge in [-0.05, 0) is 12.1 Å². The van der Waals surface area contributed by atoms with Gasteiger partial charge in [0.2, 0.25) is 12.7 Å². The van der Waals surface area contributed by atoms with E-state index >= 15 is 0 Å². The number of hydrogen-bond acceptors (Lipinski definition) is 4. The molecule has 0 saturated heterocycles. The SMILES string of the molecule is NC(=O)C1(Cl)C=c2cc3c(cc2=NC1)OCO3. The number of benzene rings is 1. The average Bonchev–Trinajstić information content (AvgIpc) is 2.72. The van der Waals surface area contributed by atoms with Crippen LogP contribution >= 0.6 is 11.6 Å². The first-order chi connectivity index (χ1) is 8.08. The Morgan fingerprint density at radius 2 is 2.12 bits per heavy atom. The quantitative estimate of drug-likeness (QED) is 0.671. The number of hydrogen-bond donors (Lipinski definition) is 1. The molecule has 3 rings (SSSR count). The Morgan fingerprint density at radius 3 is 2.82 bits per heavy atom. The highest BCUT2D eigenvalue weighted by molar-refractivity contribution is 6.39. The molecule has 1 amide bonds. The summed E-state index contributed by atoms with van der Waals surface area (Å²) in [6.07, 6.45) is 1.61. The minimum atomic E-state index is -1.25. The first-order valence-electron chi connectivity index (χ1n) is 5.04. The third-order valence-corrected chi connectivity index (χ3v) is 3.21. The van der Waals surface area contributed by atoms with E-state index < -0.39 is 10.8 Å². The van der Waals surface area contributed by atoms with Crippen LogP contribution in [0.4, 0.5) is 0 Å². The van der Waals surface area contributed by atoms with Crippen LogP contribution in [0.5, 0.6) is 11.5 Å². The lowest BCUT2D eigenvalue weighted by atomic mass is 10.0. The molecule has 0 saturated carbocycles. The van der Waals surface area contributed by atoms with Crippen LogP contribution in [-0.4, -0.2) is 24.1 Å². The summed E-state index contributed by atoms with van der Waals surface area (Å²) in [4.78, 5) is 14.3. The van der Waals surface area contributed by atoms with Gasteiger partial charge in [-0.2, -0.15) is 0 Å². The molecule has 0 bridgehead atoms. The van der Waals surface area contributed by atoms with Gasteiger partial charge in [0, 0.05) is 11.3 Å². The fourth-order valence-corrected chi connectivity index (χ4v) is 2.02. The number of nitrogens with zero attached hydrogens (tertiary/aromatic N) is 1. The van der Waals surface area contributed by atoms with Crippen LogP contribution in [0.3, 0.4) is 0 Å². The molecule has 2 N–H and O–H groups in total. The second kappa shape index (κ2) is 3.37. The van der Waals surface area contributed by atoms with Gasteiger partial charge in [0.1, 0.15) is 0 Å². The Kier molecular flexibility index (Phi) is 2.06. The van der Waals surface area contributed by atoms with Crippen molar-refractivity contribution in [3.63, 3.8) is 0 Å². The van der Waals surface area contributed by atoms with E-state index in [1.165, 1.54) is 0 Å². The van der Waals surface area contributed by atoms with Crippen molar-refractivity contribution in [1.82, 2.24) is 0 Å². The molecule has 2 aliphatic heterocycles. The highest BCUT2D eigenvalue weighted by Gasteiger charge is 2.33. The Labute approximate surface area is 101 Å². The van der Waals surface area contributed by atoms with Crippen LogP contribution in [-0.2, 0) is 4.79 Å². The Hall–Kier alpha value is -1.75. The lowest BCUT2D eigenvalue weighted by Gasteiger charge is -2.19. The summed E-state index contributed by atoms with van der Waals surface area (Å²) in [6, 6.07) is 3.52. The van der Waals surface area contributed by atoms with Gasteiger partial charge in [-0.1, -0.05) is 0 Å². The van der Waals surface area contributed by atoms with Gasteiger partial charge in [-0.3, -0.25) is 9.79 Å². The van der Waals surface area contributed by atoms with Gasteiger partial charge in [0.15, 0.2) is 16.4 Å². The third kappa shape index (κ3) is 1.54. The number of carbonyl (C=O) groups is 1. The van der Waals surface area contributed by atoms with Gasteiger partial charge in [0.25, 0.3) is 0 Å². The van der Waals surface area contributed by atoms with E-state index in [4.69, 9.17) is 26.8 Å². The van der Waals surface area contributed by atoms with E-state index in [1.54, 1.807) is 18.2 Å². The highest BCUT2D eigenvalue weighted by Crippen LogP contribution is 2.29. The maximum atomic E-state index is 11.3. The van der Waals surface area contributed by atoms with Gasteiger partial charge in [-0.25, -0.2) is 0 Å². The number of fused-ring (bicyclic) bond motifs is 2. The van der Waals surface area contributed by atoms with Crippen molar-refractivity contribution < 1.29 is 14.3 Å². The van der Waals surface area contributed by atoms with Crippen molar-refractivity contribution >= 4 is 23.6 Å². The third-order valence-electron chi connectivity index (χ3n) is 2.80. The topological polar surface area (TPSA) is 73.9 Å². The van der Waals surface area contributed by atoms with Gasteiger partial charge < -0.3 is 15.2 Å². The van der Waals surface area contributed by atoms with Crippen LogP contribution in [0.2, 0.25) is 0 Å². The van der Waals surface area contributed by atoms with E-state index in [0.717, 1.165) is 10.6 Å². The van der Waals surface area contributed by atoms with Crippen molar-refractivity contribution in [3.05, 3.63) is 22.7 Å². The molecular weight excluding hydrogens is 244 g/mol. The molecular formula is C11H9ClN2O3. The van der Waals surface area contributed by atoms with Crippen LogP contribution in [0.15, 0.2) is 17.1 Å². The summed E-state index contributed by atoms with van der Waals surface area (Å²) >= 11 is 6.09. The highest BCUT2D eigenvalue weighted by atomic mass is 35.5. The summed E-state index contributed by atoms with van der Waals surface area (Å²) in [6.45, 7) is 0.330. The number of alkyl halides is 1. The van der Waals surface area contributed by atoms with Crippen molar-refractivity contribution in [2.24, 2.45) is 10.7 Å². The van der Waals surface area contributed by atoms with Crippen LogP contribution < -0.4 is 25.8 Å². The van der Waals surface area contributed by atoms with Gasteiger partial charge in [-0.15, -0.1) is 11.6 Å². The maximum Gasteiger partial charge on any atom is 0.244 e. The fraction of sp³-hybridized carbons (Fsp3) is 0.273. The summed E-state index contributed by atoms with van der Waals surface area (Å²) in [7, 11) is 0. The van der Waals surface area contributed by atoms with E-state index in [-0.39, 0.29) is 13.3 Å². The molecule has 6 heteroatoms. The molecule has 0 fully saturated rings. The number of primary amides is 1. The van der Waals surface area contributed by atoms with E-state index in [9.17, 15) is 4.79 Å². The average molecular weight is 253 g/mol. The second-order valence-corrected chi connectivity index (χ2v) is 4.63. The summed E-state index contributed by atoms with van der Waals surface area (Å²) in [5, 5.41) is 1.46. The second-order valence-electron chi connectivity index (χ2n) is 3.95. The number of ether oxygens (including phenoxy) is 2. The van der Waals surface area contributed by atoms with Crippen molar-refractivity contribution in [3.8, 4) is 11.5 Å². The number of carbonyl (C=O) groups excluding carboxylic acids is 1. The van der Waals surface area contributed by atoms with Crippen LogP contribution in [0.25, 0.3) is 6.08 Å². The molecule has 1 atom stereocenters. The molecule has 88 valence electrons. The van der Waals surface area contributed by atoms with E-state index in [1.807, 2.05) is 0 Å². The molecule has 0 radical (unpaired) electrons. The molecule has 1 aromatic carbocycles. The molecule has 0 aliphatic carbocycles. The lowest BCUT2D eigenvalue weighted by Crippen LogP contribution is -2.46. The van der Waals surface area contributed by atoms with E-state index in [0.29, 0.717) is 11.5 Å². The van der Waals surface area contributed by atoms with Crippen molar-refractivity contribution in [1.29, 1.82) is 0 Å². The standard InChI is InChI=1S/C11H9ClN2O3/c12-11(10(13)15)3-6-1-8-9(17-5-16-8)2-7(6)14-4-11/h1-3H,4-5H2,(H2,13,15). The predicted octanol–water partition coefficient (Wildman–Crippen LogP) is -0.708. The minimum absolute atomic E-state index is 0.135. The monoisotopic (exact) mass is 252 g/mol. The van der Waals surface area contributed by atoms with E-state index in [2.05, 4.69) is 4.99 Å². The Morgan fingerprint density at radius 1 is 1.41 bits per heavy atom. The fourth-order valence-electron chi connectivity index (χ4n) is 1.84. The molecule has 2 heterocycles. The van der Waals surface area contributed by atoms with Gasteiger partial charge in [0.05, 0.1) is 11.9 Å². The summed E-state index contributed by atoms with van der Waals surface area (Å²) < 4.78 is 10.5. The largest absolute Gasteiger partial charge is 0.454 e. The van der Waals surface area contributed by atoms with Crippen LogP contribution in [0.1, 0.15) is 0 Å². The predicted molar refractivity (Wildman–Crippen MR) is 60.5 cm³/mol. The number of nitrogens with two attached hydrogens (primary N) is 1. The number of rotatable bonds is 1. The zero-order valence-electron chi connectivity index (χ0n) is 8.77. The maximum absolute atomic E-state index is 11.3. The number of halogens is 1. The zero-order chi connectivity index (χ0) is 12.0. The molecule has 0 aromatic heterocycles. The first-order valence-corrected chi connectivity index (χ1v) is 5.42. The van der Waals surface area contributed by atoms with Crippen molar-refractivity contribution in [2.75, 3.05) is 13.3 Å². The molecule has 1 aromatic rings. The minimum Gasteiger partial charge on any atom is -0.454 e. The van der Waals surface area contributed by atoms with Crippen molar-refractivity contribution in [2.45, 2.75) is 4.87 Å². The summed E-state index contributed by atoms with van der Waals surface area (Å²) in [5.74, 6) is 0.675. The van der Waals surface area contributed by atoms with Crippen LogP contribution in [0, 0.1) is 0 Å². The first kappa shape index (κ1) is 10.4. The molecule has 5 nitrogen and oxygen atoms in total. The Balaban J connectivity index is 2.22. The number of amides is 1. The normalized spacial score (nSPS) is 24.5. The smallest absolute Gasteiger partial charge is 0.244 e. The summed E-state index contributed by atoms with van der Waals surface area (Å²) in [5.41, 5.74) is 5.25. The lowest BCUT2D eigenvalue weighted by molar-refractivity contribution is -0.118. The molecule has 0 spiro atoms. The molecule has 1 unspecified atom stereocenters. The van der Waals surface area contributed by atoms with Gasteiger partial charge >= 0.3 is 0 Å². The molecule has 2 aliphatic rings. The zero-order valence-corrected chi connectivity index (χ0v) is 9.53. The Bertz CT molecular complexity index is 628.